The van der Waals surface area contributed by atoms with Crippen molar-refractivity contribution in [2.75, 3.05) is 0 Å². The molecule has 0 aromatic carbocycles. The van der Waals surface area contributed by atoms with Crippen LogP contribution in [0.25, 0.3) is 0 Å². The van der Waals surface area contributed by atoms with E-state index in [4.69, 9.17) is 5.41 Å². The average molecular weight is 162 g/mol. The topological polar surface area (TPSA) is 36.7 Å². The summed E-state index contributed by atoms with van der Waals surface area (Å²) in [7, 11) is 0. The predicted molar refractivity (Wildman–Crippen MR) is 50.7 cm³/mol. The van der Waals surface area contributed by atoms with Crippen LogP contribution in [0.15, 0.2) is 18.3 Å². The number of aryl methyl sites for hydroxylation is 1. The molecule has 1 heterocycles. The Bertz CT molecular complexity index is 262. The molecule has 0 fully saturated rings. The van der Waals surface area contributed by atoms with Crippen LogP contribution >= 0.6 is 0 Å². The lowest BCUT2D eigenvalue weighted by Crippen LogP contribution is -2.00. The molecule has 0 radical (unpaired) electrons. The summed E-state index contributed by atoms with van der Waals surface area (Å²) in [6.45, 7) is 4.07. The van der Waals surface area contributed by atoms with Crippen molar-refractivity contribution in [3.63, 3.8) is 0 Å². The van der Waals surface area contributed by atoms with Crippen molar-refractivity contribution < 1.29 is 0 Å². The molecule has 0 aliphatic carbocycles. The number of hydrogen-bond donors (Lipinski definition) is 1. The minimum Gasteiger partial charge on any atom is -0.303 e. The second-order valence-corrected chi connectivity index (χ2v) is 2.95. The molecule has 0 unspecified atom stereocenters. The quantitative estimate of drug-likeness (QED) is 0.681. The van der Waals surface area contributed by atoms with E-state index in [-0.39, 0.29) is 0 Å². The maximum Gasteiger partial charge on any atom is 0.0837 e. The van der Waals surface area contributed by atoms with Gasteiger partial charge >= 0.3 is 0 Å². The molecule has 1 aromatic rings. The van der Waals surface area contributed by atoms with E-state index in [1.54, 1.807) is 6.20 Å². The van der Waals surface area contributed by atoms with E-state index in [2.05, 4.69) is 11.9 Å². The van der Waals surface area contributed by atoms with Gasteiger partial charge in [0.25, 0.3) is 0 Å². The smallest absolute Gasteiger partial charge is 0.0837 e. The van der Waals surface area contributed by atoms with Crippen molar-refractivity contribution >= 4 is 5.71 Å². The third kappa shape index (κ3) is 2.16. The summed E-state index contributed by atoms with van der Waals surface area (Å²) in [4.78, 5) is 4.17. The monoisotopic (exact) mass is 162 g/mol. The van der Waals surface area contributed by atoms with Crippen LogP contribution in [0.3, 0.4) is 0 Å². The average Bonchev–Trinajstić information content (AvgIpc) is 2.06. The number of rotatable bonds is 3. The molecule has 1 aromatic heterocycles. The van der Waals surface area contributed by atoms with Crippen LogP contribution in [0, 0.1) is 12.3 Å². The van der Waals surface area contributed by atoms with Crippen LogP contribution in [-0.2, 0) is 0 Å². The normalized spacial score (nSPS) is 9.83. The molecule has 1 rings (SSSR count). The molecule has 0 aliphatic rings. The highest BCUT2D eigenvalue weighted by Crippen LogP contribution is 2.03. The number of nitrogens with zero attached hydrogens (tertiary/aromatic N) is 1. The minimum atomic E-state index is 0.637. The lowest BCUT2D eigenvalue weighted by atomic mass is 10.1. The number of aromatic nitrogens is 1. The first-order chi connectivity index (χ1) is 5.74. The molecular weight excluding hydrogens is 148 g/mol. The number of hydrogen-bond acceptors (Lipinski definition) is 2. The van der Waals surface area contributed by atoms with Crippen LogP contribution in [0.2, 0.25) is 0 Å². The van der Waals surface area contributed by atoms with E-state index in [0.717, 1.165) is 24.1 Å². The standard InChI is InChI=1S/C10H14N2/c1-3-4-9(11)10-6-5-8(2)7-12-10/h5-7,11H,3-4H2,1-2H3. The van der Waals surface area contributed by atoms with Crippen LogP contribution in [0.1, 0.15) is 31.0 Å². The van der Waals surface area contributed by atoms with Crippen molar-refractivity contribution in [2.24, 2.45) is 0 Å². The zero-order valence-electron chi connectivity index (χ0n) is 7.59. The Kier molecular flexibility index (Phi) is 2.97. The Morgan fingerprint density at radius 3 is 2.75 bits per heavy atom. The summed E-state index contributed by atoms with van der Waals surface area (Å²) < 4.78 is 0. The van der Waals surface area contributed by atoms with Crippen molar-refractivity contribution in [1.29, 1.82) is 5.41 Å². The Morgan fingerprint density at radius 2 is 2.25 bits per heavy atom. The fourth-order valence-corrected chi connectivity index (χ4v) is 1.02. The highest BCUT2D eigenvalue weighted by molar-refractivity contribution is 5.96. The number of pyridine rings is 1. The fraction of sp³-hybridized carbons (Fsp3) is 0.400. The zero-order valence-corrected chi connectivity index (χ0v) is 7.59. The Morgan fingerprint density at radius 1 is 1.50 bits per heavy atom. The van der Waals surface area contributed by atoms with E-state index < -0.39 is 0 Å². The highest BCUT2D eigenvalue weighted by Gasteiger charge is 1.99. The summed E-state index contributed by atoms with van der Waals surface area (Å²) in [5.74, 6) is 0. The summed E-state index contributed by atoms with van der Waals surface area (Å²) in [6.07, 6.45) is 3.63. The molecule has 0 amide bonds. The van der Waals surface area contributed by atoms with Crippen LogP contribution < -0.4 is 0 Å². The highest BCUT2D eigenvalue weighted by atomic mass is 14.7. The predicted octanol–water partition coefficient (Wildman–Crippen LogP) is 2.56. The van der Waals surface area contributed by atoms with Gasteiger partial charge in [-0.3, -0.25) is 4.98 Å². The van der Waals surface area contributed by atoms with Crippen molar-refractivity contribution in [1.82, 2.24) is 4.98 Å². The molecule has 0 bridgehead atoms. The largest absolute Gasteiger partial charge is 0.303 e. The van der Waals surface area contributed by atoms with E-state index in [1.807, 2.05) is 19.1 Å². The lowest BCUT2D eigenvalue weighted by Gasteiger charge is -2.00. The zero-order chi connectivity index (χ0) is 8.97. The molecule has 64 valence electrons. The van der Waals surface area contributed by atoms with Gasteiger partial charge in [0, 0.05) is 6.20 Å². The maximum atomic E-state index is 7.64. The molecule has 0 atom stereocenters. The fourth-order valence-electron chi connectivity index (χ4n) is 1.02. The summed E-state index contributed by atoms with van der Waals surface area (Å²) in [5.41, 5.74) is 2.59. The first-order valence-electron chi connectivity index (χ1n) is 4.24. The van der Waals surface area contributed by atoms with E-state index in [0.29, 0.717) is 5.71 Å². The Balaban J connectivity index is 2.75. The molecule has 0 saturated carbocycles. The molecule has 12 heavy (non-hydrogen) atoms. The summed E-state index contributed by atoms with van der Waals surface area (Å²) in [5, 5.41) is 7.64. The third-order valence-electron chi connectivity index (χ3n) is 1.72. The van der Waals surface area contributed by atoms with E-state index in [1.165, 1.54) is 0 Å². The number of nitrogens with one attached hydrogen (secondary N) is 1. The second kappa shape index (κ2) is 4.00. The van der Waals surface area contributed by atoms with E-state index >= 15 is 0 Å². The second-order valence-electron chi connectivity index (χ2n) is 2.95. The van der Waals surface area contributed by atoms with Gasteiger partial charge in [0.1, 0.15) is 0 Å². The van der Waals surface area contributed by atoms with Gasteiger partial charge < -0.3 is 5.41 Å². The van der Waals surface area contributed by atoms with Gasteiger partial charge in [-0.25, -0.2) is 0 Å². The van der Waals surface area contributed by atoms with Gasteiger partial charge in [-0.05, 0) is 25.0 Å². The van der Waals surface area contributed by atoms with Gasteiger partial charge in [0.05, 0.1) is 11.4 Å². The third-order valence-corrected chi connectivity index (χ3v) is 1.72. The molecular formula is C10H14N2. The molecule has 2 heteroatoms. The Labute approximate surface area is 73.2 Å². The van der Waals surface area contributed by atoms with Crippen LogP contribution in [-0.4, -0.2) is 10.7 Å². The van der Waals surface area contributed by atoms with Crippen LogP contribution in [0.5, 0.6) is 0 Å². The summed E-state index contributed by atoms with van der Waals surface area (Å²) in [6, 6.07) is 3.90. The molecule has 0 spiro atoms. The molecule has 0 saturated heterocycles. The van der Waals surface area contributed by atoms with Crippen molar-refractivity contribution in [3.05, 3.63) is 29.6 Å². The van der Waals surface area contributed by atoms with Gasteiger partial charge in [0.2, 0.25) is 0 Å². The molecule has 2 nitrogen and oxygen atoms in total. The van der Waals surface area contributed by atoms with E-state index in [9.17, 15) is 0 Å². The lowest BCUT2D eigenvalue weighted by molar-refractivity contribution is 0.979. The van der Waals surface area contributed by atoms with Gasteiger partial charge in [0.15, 0.2) is 0 Å². The van der Waals surface area contributed by atoms with Gasteiger partial charge in [-0.15, -0.1) is 0 Å². The first-order valence-corrected chi connectivity index (χ1v) is 4.24. The summed E-state index contributed by atoms with van der Waals surface area (Å²) >= 11 is 0. The van der Waals surface area contributed by atoms with Crippen molar-refractivity contribution in [3.8, 4) is 0 Å². The SMILES string of the molecule is CCCC(=N)c1ccc(C)cn1. The van der Waals surface area contributed by atoms with Gasteiger partial charge in [-0.2, -0.15) is 0 Å². The first kappa shape index (κ1) is 8.91. The van der Waals surface area contributed by atoms with Crippen molar-refractivity contribution in [2.45, 2.75) is 26.7 Å². The molecule has 1 N–H and O–H groups in total. The maximum absolute atomic E-state index is 7.64. The Hall–Kier alpha value is -1.18. The van der Waals surface area contributed by atoms with Crippen LogP contribution in [0.4, 0.5) is 0 Å². The molecule has 0 aliphatic heterocycles. The van der Waals surface area contributed by atoms with Gasteiger partial charge in [-0.1, -0.05) is 19.4 Å². The minimum absolute atomic E-state index is 0.637.